The molecule has 0 saturated heterocycles. The van der Waals surface area contributed by atoms with Gasteiger partial charge in [-0.1, -0.05) is 20.4 Å². The topological polar surface area (TPSA) is 34.1 Å². The van der Waals surface area contributed by atoms with Crippen LogP contribution in [0.25, 0.3) is 0 Å². The number of ketones is 2. The number of carbonyl (C=O) groups is 2. The van der Waals surface area contributed by atoms with Crippen LogP contribution < -0.4 is 0 Å². The maximum absolute atomic E-state index is 11.0. The Labute approximate surface area is 67.3 Å². The summed E-state index contributed by atoms with van der Waals surface area (Å²) in [5.41, 5.74) is 0. The molecule has 0 aliphatic rings. The summed E-state index contributed by atoms with van der Waals surface area (Å²) in [6.07, 6.45) is 2.07. The van der Waals surface area contributed by atoms with Crippen LogP contribution in [0.4, 0.5) is 0 Å². The lowest BCUT2D eigenvalue weighted by atomic mass is 9.98. The number of carbonyl (C=O) groups excluding carboxylic acids is 2. The first-order valence-electron chi connectivity index (χ1n) is 3.79. The highest BCUT2D eigenvalue weighted by atomic mass is 16.1. The monoisotopic (exact) mass is 154 g/mol. The van der Waals surface area contributed by atoms with Crippen LogP contribution in [0.15, 0.2) is 12.7 Å². The molecule has 0 aliphatic heterocycles. The Balaban J connectivity index is 3.86. The van der Waals surface area contributed by atoms with E-state index in [4.69, 9.17) is 0 Å². The van der Waals surface area contributed by atoms with E-state index in [0.29, 0.717) is 12.8 Å². The smallest absolute Gasteiger partial charge is 0.155 e. The van der Waals surface area contributed by atoms with Gasteiger partial charge in [-0.15, -0.1) is 0 Å². The van der Waals surface area contributed by atoms with Gasteiger partial charge >= 0.3 is 0 Å². The fourth-order valence-corrected chi connectivity index (χ4v) is 0.847. The molecule has 0 bridgehead atoms. The zero-order chi connectivity index (χ0) is 8.85. The van der Waals surface area contributed by atoms with E-state index in [1.165, 1.54) is 6.08 Å². The molecule has 0 aromatic carbocycles. The van der Waals surface area contributed by atoms with Crippen molar-refractivity contribution in [1.82, 2.24) is 0 Å². The normalized spacial score (nSPS) is 12.2. The number of hydrogen-bond donors (Lipinski definition) is 0. The van der Waals surface area contributed by atoms with Gasteiger partial charge in [-0.2, -0.15) is 0 Å². The lowest BCUT2D eigenvalue weighted by molar-refractivity contribution is -0.125. The van der Waals surface area contributed by atoms with Crippen molar-refractivity contribution in [2.24, 2.45) is 5.92 Å². The van der Waals surface area contributed by atoms with Crippen molar-refractivity contribution in [2.45, 2.75) is 26.7 Å². The van der Waals surface area contributed by atoms with Gasteiger partial charge in [0.1, 0.15) is 5.78 Å². The van der Waals surface area contributed by atoms with Crippen molar-refractivity contribution in [2.75, 3.05) is 0 Å². The van der Waals surface area contributed by atoms with E-state index < -0.39 is 0 Å². The van der Waals surface area contributed by atoms with E-state index in [2.05, 4.69) is 6.58 Å². The minimum atomic E-state index is -0.148. The fourth-order valence-electron chi connectivity index (χ4n) is 0.847. The van der Waals surface area contributed by atoms with E-state index in [0.717, 1.165) is 0 Å². The quantitative estimate of drug-likeness (QED) is 0.565. The van der Waals surface area contributed by atoms with Gasteiger partial charge in [-0.05, 0) is 6.08 Å². The first-order chi connectivity index (χ1) is 5.11. The van der Waals surface area contributed by atoms with E-state index in [-0.39, 0.29) is 17.5 Å². The third kappa shape index (κ3) is 3.71. The standard InChI is InChI=1S/C9H14O2/c1-4-8(10)6-7(3)9(11)5-2/h4,7H,1,5-6H2,2-3H3. The Morgan fingerprint density at radius 2 is 2.09 bits per heavy atom. The molecular weight excluding hydrogens is 140 g/mol. The average molecular weight is 154 g/mol. The molecule has 0 heterocycles. The van der Waals surface area contributed by atoms with Crippen molar-refractivity contribution < 1.29 is 9.59 Å². The summed E-state index contributed by atoms with van der Waals surface area (Å²) in [6, 6.07) is 0. The molecule has 11 heavy (non-hydrogen) atoms. The van der Waals surface area contributed by atoms with Gasteiger partial charge in [0.15, 0.2) is 5.78 Å². The molecule has 62 valence electrons. The molecule has 0 rings (SSSR count). The second kappa shape index (κ2) is 4.83. The van der Waals surface area contributed by atoms with Crippen LogP contribution in [-0.2, 0) is 9.59 Å². The van der Waals surface area contributed by atoms with E-state index in [1.807, 2.05) is 0 Å². The van der Waals surface area contributed by atoms with Gasteiger partial charge in [0.25, 0.3) is 0 Å². The van der Waals surface area contributed by atoms with E-state index in [1.54, 1.807) is 13.8 Å². The Kier molecular flexibility index (Phi) is 4.42. The molecule has 0 aliphatic carbocycles. The second-order valence-corrected chi connectivity index (χ2v) is 2.60. The molecule has 0 aromatic rings. The van der Waals surface area contributed by atoms with Gasteiger partial charge in [-0.3, -0.25) is 9.59 Å². The Bertz CT molecular complexity index is 170. The molecule has 0 spiro atoms. The molecule has 0 saturated carbocycles. The highest BCUT2D eigenvalue weighted by Crippen LogP contribution is 2.06. The summed E-state index contributed by atoms with van der Waals surface area (Å²) in [5.74, 6) is -0.0648. The average Bonchev–Trinajstić information content (AvgIpc) is 2.02. The van der Waals surface area contributed by atoms with Gasteiger partial charge < -0.3 is 0 Å². The maximum atomic E-state index is 11.0. The molecule has 1 atom stereocenters. The summed E-state index contributed by atoms with van der Waals surface area (Å²) in [4.78, 5) is 21.7. The number of allylic oxidation sites excluding steroid dienone is 1. The zero-order valence-electron chi connectivity index (χ0n) is 7.09. The molecule has 2 nitrogen and oxygen atoms in total. The van der Waals surface area contributed by atoms with Crippen LogP contribution >= 0.6 is 0 Å². The minimum Gasteiger partial charge on any atom is -0.299 e. The van der Waals surface area contributed by atoms with Crippen LogP contribution in [0.2, 0.25) is 0 Å². The highest BCUT2D eigenvalue weighted by Gasteiger charge is 2.12. The molecule has 0 aromatic heterocycles. The second-order valence-electron chi connectivity index (χ2n) is 2.60. The zero-order valence-corrected chi connectivity index (χ0v) is 7.09. The van der Waals surface area contributed by atoms with E-state index in [9.17, 15) is 9.59 Å². The van der Waals surface area contributed by atoms with Gasteiger partial charge in [0.2, 0.25) is 0 Å². The summed E-state index contributed by atoms with van der Waals surface area (Å²) in [6.45, 7) is 6.91. The molecule has 0 fully saturated rings. The molecule has 0 N–H and O–H groups in total. The predicted octanol–water partition coefficient (Wildman–Crippen LogP) is 1.75. The third-order valence-electron chi connectivity index (χ3n) is 1.63. The number of rotatable bonds is 5. The molecule has 1 unspecified atom stereocenters. The third-order valence-corrected chi connectivity index (χ3v) is 1.63. The van der Waals surface area contributed by atoms with Gasteiger partial charge in [0.05, 0.1) is 0 Å². The van der Waals surface area contributed by atoms with Gasteiger partial charge in [-0.25, -0.2) is 0 Å². The molecular formula is C9H14O2. The van der Waals surface area contributed by atoms with Crippen molar-refractivity contribution in [3.8, 4) is 0 Å². The summed E-state index contributed by atoms with van der Waals surface area (Å²) in [7, 11) is 0. The summed E-state index contributed by atoms with van der Waals surface area (Å²) < 4.78 is 0. The van der Waals surface area contributed by atoms with Crippen molar-refractivity contribution in [1.29, 1.82) is 0 Å². The minimum absolute atomic E-state index is 0.0562. The van der Waals surface area contributed by atoms with Crippen LogP contribution in [-0.4, -0.2) is 11.6 Å². The van der Waals surface area contributed by atoms with Crippen LogP contribution in [0.5, 0.6) is 0 Å². The van der Waals surface area contributed by atoms with E-state index >= 15 is 0 Å². The van der Waals surface area contributed by atoms with Crippen LogP contribution in [0.3, 0.4) is 0 Å². The van der Waals surface area contributed by atoms with Crippen molar-refractivity contribution in [3.63, 3.8) is 0 Å². The lowest BCUT2D eigenvalue weighted by Gasteiger charge is -2.04. The largest absolute Gasteiger partial charge is 0.299 e. The first-order valence-corrected chi connectivity index (χ1v) is 3.79. The summed E-state index contributed by atoms with van der Waals surface area (Å²) in [5, 5.41) is 0. The summed E-state index contributed by atoms with van der Waals surface area (Å²) >= 11 is 0. The number of Topliss-reactive ketones (excluding diaryl/α,β-unsaturated/α-hetero) is 1. The number of hydrogen-bond acceptors (Lipinski definition) is 2. The fraction of sp³-hybridized carbons (Fsp3) is 0.556. The predicted molar refractivity (Wildman–Crippen MR) is 44.3 cm³/mol. The lowest BCUT2D eigenvalue weighted by Crippen LogP contribution is -2.12. The van der Waals surface area contributed by atoms with Crippen molar-refractivity contribution in [3.05, 3.63) is 12.7 Å². The molecule has 0 amide bonds. The van der Waals surface area contributed by atoms with Crippen molar-refractivity contribution >= 4 is 11.6 Å². The van der Waals surface area contributed by atoms with Crippen LogP contribution in [0.1, 0.15) is 26.7 Å². The first kappa shape index (κ1) is 10.1. The van der Waals surface area contributed by atoms with Gasteiger partial charge in [0, 0.05) is 18.8 Å². The molecule has 0 radical (unpaired) electrons. The highest BCUT2D eigenvalue weighted by molar-refractivity contribution is 5.93. The van der Waals surface area contributed by atoms with Crippen LogP contribution in [0, 0.1) is 5.92 Å². The maximum Gasteiger partial charge on any atom is 0.155 e. The SMILES string of the molecule is C=CC(=O)CC(C)C(=O)CC. The Hall–Kier alpha value is -0.920. The Morgan fingerprint density at radius 3 is 2.45 bits per heavy atom. The Morgan fingerprint density at radius 1 is 1.55 bits per heavy atom. The molecule has 2 heteroatoms.